The molecule has 0 radical (unpaired) electrons. The van der Waals surface area contributed by atoms with Gasteiger partial charge in [-0.15, -0.1) is 5.10 Å². The number of likely N-dealkylation sites (tertiary alicyclic amines) is 1. The molecular formula is C23H26N4O3S. The number of carbonyl (C=O) groups is 1. The Morgan fingerprint density at radius 3 is 2.61 bits per heavy atom. The third kappa shape index (κ3) is 5.45. The lowest BCUT2D eigenvalue weighted by molar-refractivity contribution is 0.149. The Balaban J connectivity index is 1.46. The van der Waals surface area contributed by atoms with Gasteiger partial charge in [-0.1, -0.05) is 59.8 Å². The first kappa shape index (κ1) is 21.4. The van der Waals surface area contributed by atoms with Crippen molar-refractivity contribution in [3.63, 3.8) is 0 Å². The van der Waals surface area contributed by atoms with Crippen LogP contribution in [0.2, 0.25) is 0 Å². The molecular weight excluding hydrogens is 412 g/mol. The third-order valence-electron chi connectivity index (χ3n) is 5.52. The maximum absolute atomic E-state index is 13.2. The zero-order valence-corrected chi connectivity index (χ0v) is 18.3. The molecule has 0 bridgehead atoms. The smallest absolute Gasteiger partial charge is 0.320 e. The lowest BCUT2D eigenvalue weighted by Crippen LogP contribution is -2.46. The molecule has 0 spiro atoms. The fourth-order valence-corrected chi connectivity index (χ4v) is 4.20. The Kier molecular flexibility index (Phi) is 6.89. The SMILES string of the molecule is CS(=O)OCc1ccc(-c2cn(C(=O)N3CCCCC3Cc3ccccc3)nn2)cc1. The van der Waals surface area contributed by atoms with Crippen LogP contribution in [0.3, 0.4) is 0 Å². The van der Waals surface area contributed by atoms with Gasteiger partial charge in [0.2, 0.25) is 0 Å². The number of piperidine rings is 1. The summed E-state index contributed by atoms with van der Waals surface area (Å²) in [4.78, 5) is 15.1. The van der Waals surface area contributed by atoms with Gasteiger partial charge in [0.25, 0.3) is 0 Å². The lowest BCUT2D eigenvalue weighted by atomic mass is 9.96. The molecule has 3 aromatic rings. The van der Waals surface area contributed by atoms with E-state index in [1.165, 1.54) is 16.5 Å². The molecule has 1 aliphatic heterocycles. The molecule has 2 aromatic carbocycles. The van der Waals surface area contributed by atoms with Crippen molar-refractivity contribution in [2.45, 2.75) is 38.3 Å². The van der Waals surface area contributed by atoms with Crippen molar-refractivity contribution in [2.24, 2.45) is 0 Å². The van der Waals surface area contributed by atoms with Crippen molar-refractivity contribution in [3.05, 3.63) is 71.9 Å². The van der Waals surface area contributed by atoms with E-state index in [-0.39, 0.29) is 18.7 Å². The number of carbonyl (C=O) groups excluding carboxylic acids is 1. The average Bonchev–Trinajstić information content (AvgIpc) is 3.29. The highest BCUT2D eigenvalue weighted by Gasteiger charge is 2.28. The van der Waals surface area contributed by atoms with E-state index in [9.17, 15) is 9.00 Å². The number of hydrogen-bond donors (Lipinski definition) is 0. The summed E-state index contributed by atoms with van der Waals surface area (Å²) in [5, 5.41) is 8.30. The highest BCUT2D eigenvalue weighted by Crippen LogP contribution is 2.23. The first-order valence-electron chi connectivity index (χ1n) is 10.4. The van der Waals surface area contributed by atoms with E-state index in [0.717, 1.165) is 43.4 Å². The number of aromatic nitrogens is 3. The molecule has 0 saturated carbocycles. The van der Waals surface area contributed by atoms with Gasteiger partial charge in [-0.25, -0.2) is 9.00 Å². The van der Waals surface area contributed by atoms with E-state index in [1.54, 1.807) is 6.20 Å². The largest absolute Gasteiger partial charge is 0.346 e. The summed E-state index contributed by atoms with van der Waals surface area (Å²) in [5.74, 6) is 0. The van der Waals surface area contributed by atoms with Crippen molar-refractivity contribution in [1.82, 2.24) is 19.9 Å². The quantitative estimate of drug-likeness (QED) is 0.585. The minimum atomic E-state index is -1.30. The second-order valence-electron chi connectivity index (χ2n) is 7.72. The van der Waals surface area contributed by atoms with Crippen LogP contribution in [-0.2, 0) is 28.3 Å². The molecule has 1 saturated heterocycles. The molecule has 1 fully saturated rings. The fraction of sp³-hybridized carbons (Fsp3) is 0.348. The summed E-state index contributed by atoms with van der Waals surface area (Å²) in [6, 6.07) is 17.9. The van der Waals surface area contributed by atoms with Gasteiger partial charge in [-0.2, -0.15) is 4.68 Å². The molecule has 0 N–H and O–H groups in total. The van der Waals surface area contributed by atoms with Crippen LogP contribution < -0.4 is 0 Å². The van der Waals surface area contributed by atoms with Crippen molar-refractivity contribution in [2.75, 3.05) is 12.8 Å². The van der Waals surface area contributed by atoms with E-state index in [4.69, 9.17) is 4.18 Å². The number of amides is 1. The Hall–Kier alpha value is -2.84. The number of nitrogens with zero attached hydrogens (tertiary/aromatic N) is 4. The molecule has 1 aromatic heterocycles. The zero-order valence-electron chi connectivity index (χ0n) is 17.5. The van der Waals surface area contributed by atoms with E-state index in [2.05, 4.69) is 22.4 Å². The number of benzene rings is 2. The van der Waals surface area contributed by atoms with E-state index in [1.807, 2.05) is 47.4 Å². The van der Waals surface area contributed by atoms with E-state index >= 15 is 0 Å². The van der Waals surface area contributed by atoms with Crippen molar-refractivity contribution >= 4 is 17.1 Å². The molecule has 2 unspecified atom stereocenters. The molecule has 4 rings (SSSR count). The predicted octanol–water partition coefficient (Wildman–Crippen LogP) is 3.82. The summed E-state index contributed by atoms with van der Waals surface area (Å²) >= 11 is -1.30. The first-order chi connectivity index (χ1) is 15.1. The van der Waals surface area contributed by atoms with Gasteiger partial charge in [0, 0.05) is 24.4 Å². The summed E-state index contributed by atoms with van der Waals surface area (Å²) < 4.78 is 17.5. The highest BCUT2D eigenvalue weighted by atomic mass is 32.2. The van der Waals surface area contributed by atoms with Crippen molar-refractivity contribution < 1.29 is 13.2 Å². The summed E-state index contributed by atoms with van der Waals surface area (Å²) in [6.45, 7) is 1.02. The van der Waals surface area contributed by atoms with Crippen LogP contribution in [-0.4, -0.2) is 49.0 Å². The monoisotopic (exact) mass is 438 g/mol. The van der Waals surface area contributed by atoms with Gasteiger partial charge in [0.15, 0.2) is 11.1 Å². The lowest BCUT2D eigenvalue weighted by Gasteiger charge is -2.35. The maximum Gasteiger partial charge on any atom is 0.346 e. The van der Waals surface area contributed by atoms with E-state index in [0.29, 0.717) is 5.69 Å². The summed E-state index contributed by atoms with van der Waals surface area (Å²) in [5.41, 5.74) is 3.65. The highest BCUT2D eigenvalue weighted by molar-refractivity contribution is 7.79. The Bertz CT molecular complexity index is 1040. The van der Waals surface area contributed by atoms with Gasteiger partial charge in [0.05, 0.1) is 12.8 Å². The topological polar surface area (TPSA) is 77.3 Å². The standard InChI is InChI=1S/C23H26N4O3S/c1-31(29)30-17-19-10-12-20(13-11-19)22-16-27(25-24-22)23(28)26-14-6-5-9-21(26)15-18-7-3-2-4-8-18/h2-4,7-8,10-13,16,21H,5-6,9,14-15,17H2,1H3. The van der Waals surface area contributed by atoms with Crippen LogP contribution >= 0.6 is 0 Å². The molecule has 0 aliphatic carbocycles. The minimum Gasteiger partial charge on any atom is -0.320 e. The van der Waals surface area contributed by atoms with Crippen LogP contribution in [0.1, 0.15) is 30.4 Å². The zero-order chi connectivity index (χ0) is 21.6. The maximum atomic E-state index is 13.2. The summed E-state index contributed by atoms with van der Waals surface area (Å²) in [7, 11) is 0. The predicted molar refractivity (Wildman–Crippen MR) is 120 cm³/mol. The molecule has 2 heterocycles. The molecule has 1 aliphatic rings. The van der Waals surface area contributed by atoms with Crippen molar-refractivity contribution in [3.8, 4) is 11.3 Å². The Morgan fingerprint density at radius 1 is 1.10 bits per heavy atom. The average molecular weight is 439 g/mol. The molecule has 7 nitrogen and oxygen atoms in total. The van der Waals surface area contributed by atoms with Crippen molar-refractivity contribution in [1.29, 1.82) is 0 Å². The summed E-state index contributed by atoms with van der Waals surface area (Å²) in [6.07, 6.45) is 7.16. The normalized spacial score (nSPS) is 17.5. The van der Waals surface area contributed by atoms with Crippen LogP contribution in [0.5, 0.6) is 0 Å². The molecule has 2 atom stereocenters. The minimum absolute atomic E-state index is 0.130. The van der Waals surface area contributed by atoms with Gasteiger partial charge in [0.1, 0.15) is 5.69 Å². The van der Waals surface area contributed by atoms with Gasteiger partial charge in [-0.05, 0) is 36.8 Å². The number of rotatable bonds is 6. The van der Waals surface area contributed by atoms with Gasteiger partial charge >= 0.3 is 6.03 Å². The second-order valence-corrected chi connectivity index (χ2v) is 8.76. The van der Waals surface area contributed by atoms with Gasteiger partial charge in [-0.3, -0.25) is 4.18 Å². The van der Waals surface area contributed by atoms with Crippen LogP contribution in [0.25, 0.3) is 11.3 Å². The third-order valence-corrected chi connectivity index (χ3v) is 5.97. The first-order valence-corrected chi connectivity index (χ1v) is 11.9. The molecule has 162 valence electrons. The molecule has 1 amide bonds. The van der Waals surface area contributed by atoms with E-state index < -0.39 is 11.1 Å². The molecule has 8 heteroatoms. The Morgan fingerprint density at radius 2 is 1.87 bits per heavy atom. The Labute approximate surface area is 184 Å². The van der Waals surface area contributed by atoms with Crippen LogP contribution in [0, 0.1) is 0 Å². The number of hydrogen-bond acceptors (Lipinski definition) is 5. The second kappa shape index (κ2) is 9.98. The fourth-order valence-electron chi connectivity index (χ4n) is 3.89. The van der Waals surface area contributed by atoms with Gasteiger partial charge < -0.3 is 4.90 Å². The van der Waals surface area contributed by atoms with Crippen LogP contribution in [0.4, 0.5) is 4.79 Å². The van der Waals surface area contributed by atoms with Crippen LogP contribution in [0.15, 0.2) is 60.8 Å². The molecule has 31 heavy (non-hydrogen) atoms.